The van der Waals surface area contributed by atoms with Gasteiger partial charge in [-0.25, -0.2) is 4.79 Å². The second kappa shape index (κ2) is 14.5. The number of rotatable bonds is 15. The number of hydrogen-bond acceptors (Lipinski definition) is 10. The Kier molecular flexibility index (Phi) is 10.7. The Hall–Kier alpha value is -4.82. The van der Waals surface area contributed by atoms with E-state index in [1.807, 2.05) is 11.8 Å². The predicted molar refractivity (Wildman–Crippen MR) is 164 cm³/mol. The number of unbranched alkanes of at least 4 members (excludes halogenated alkanes) is 1. The smallest absolute Gasteiger partial charge is 0.352 e. The van der Waals surface area contributed by atoms with Crippen LogP contribution < -0.4 is 10.6 Å². The molecule has 1 saturated heterocycles. The van der Waals surface area contributed by atoms with Crippen molar-refractivity contribution in [2.24, 2.45) is 11.8 Å². The summed E-state index contributed by atoms with van der Waals surface area (Å²) in [4.78, 5) is 53.4. The van der Waals surface area contributed by atoms with Gasteiger partial charge in [0.25, 0.3) is 11.8 Å². The Morgan fingerprint density at radius 1 is 0.870 bits per heavy atom. The maximum absolute atomic E-state index is 12.8. The van der Waals surface area contributed by atoms with Crippen LogP contribution in [0.1, 0.15) is 53.8 Å². The number of carboxylic acid groups (broad SMARTS) is 1. The number of carbonyl (C=O) groups is 4. The summed E-state index contributed by atoms with van der Waals surface area (Å²) in [6.45, 7) is 4.98. The third-order valence-electron chi connectivity index (χ3n) is 8.55. The molecule has 3 amide bonds. The van der Waals surface area contributed by atoms with Crippen molar-refractivity contribution in [2.75, 3.05) is 32.7 Å². The van der Waals surface area contributed by atoms with Gasteiger partial charge in [0.2, 0.25) is 5.91 Å². The Labute approximate surface area is 265 Å². The average Bonchev–Trinajstić information content (AvgIpc) is 3.24. The molecule has 2 aliphatic heterocycles. The van der Waals surface area contributed by atoms with Crippen LogP contribution in [0.25, 0.3) is 0 Å². The first-order valence-corrected chi connectivity index (χ1v) is 15.1. The van der Waals surface area contributed by atoms with Crippen LogP contribution in [-0.2, 0) is 9.59 Å². The summed E-state index contributed by atoms with van der Waals surface area (Å²) in [7, 11) is 0. The number of nitrogens with zero attached hydrogens (tertiary/aromatic N) is 2. The summed E-state index contributed by atoms with van der Waals surface area (Å²) in [6, 6.07) is 7.72. The van der Waals surface area contributed by atoms with E-state index in [9.17, 15) is 49.8 Å². The van der Waals surface area contributed by atoms with Crippen LogP contribution in [0.4, 0.5) is 0 Å². The van der Waals surface area contributed by atoms with Crippen molar-refractivity contribution < 1.29 is 49.8 Å². The van der Waals surface area contributed by atoms with Gasteiger partial charge in [-0.3, -0.25) is 19.3 Å². The molecule has 0 aromatic heterocycles. The average molecular weight is 641 g/mol. The van der Waals surface area contributed by atoms with Crippen LogP contribution >= 0.6 is 0 Å². The first-order chi connectivity index (χ1) is 21.8. The summed E-state index contributed by atoms with van der Waals surface area (Å²) in [5.74, 6) is -5.60. The summed E-state index contributed by atoms with van der Waals surface area (Å²) in [5.41, 5.74) is 0.363. The van der Waals surface area contributed by atoms with Gasteiger partial charge in [0.1, 0.15) is 5.70 Å². The molecule has 248 valence electrons. The molecule has 1 fully saturated rings. The molecular weight excluding hydrogens is 600 g/mol. The highest BCUT2D eigenvalue weighted by molar-refractivity contribution is 6.00. The maximum atomic E-state index is 12.8. The van der Waals surface area contributed by atoms with Gasteiger partial charge in [-0.15, -0.1) is 0 Å². The third kappa shape index (κ3) is 7.02. The van der Waals surface area contributed by atoms with Crippen LogP contribution in [0.2, 0.25) is 0 Å². The van der Waals surface area contributed by atoms with E-state index < -0.39 is 64.8 Å². The van der Waals surface area contributed by atoms with Crippen molar-refractivity contribution in [1.29, 1.82) is 0 Å². The Balaban J connectivity index is 1.40. The molecule has 0 spiro atoms. The Bertz CT molecular complexity index is 1520. The standard InChI is InChI=1S/C32H40N4O10/c1-17-21(26(32(45)46)36-25(17)24(18(2)37)31(36)44)16-35(15-7-13-34-30(43)20-9-6-11-23(39)28(20)41)14-4-3-12-33-29(42)19-8-5-10-22(38)27(19)40/h5-6,8-11,17-18,24-25,37-41H,3-4,7,12-16H2,1-2H3,(H,33,42)(H,34,43)(H,45,46)/t17-,18+,24+,25?/m0/s1. The van der Waals surface area contributed by atoms with E-state index in [1.165, 1.54) is 48.2 Å². The van der Waals surface area contributed by atoms with Gasteiger partial charge >= 0.3 is 5.97 Å². The highest BCUT2D eigenvalue weighted by Crippen LogP contribution is 2.47. The molecule has 2 aromatic carbocycles. The molecule has 2 aliphatic rings. The van der Waals surface area contributed by atoms with E-state index in [-0.39, 0.29) is 42.4 Å². The lowest BCUT2D eigenvalue weighted by molar-refractivity contribution is -0.163. The first-order valence-electron chi connectivity index (χ1n) is 15.1. The zero-order valence-corrected chi connectivity index (χ0v) is 25.6. The van der Waals surface area contributed by atoms with Gasteiger partial charge in [-0.2, -0.15) is 0 Å². The van der Waals surface area contributed by atoms with Crippen molar-refractivity contribution in [3.63, 3.8) is 0 Å². The summed E-state index contributed by atoms with van der Waals surface area (Å²) < 4.78 is 0. The highest BCUT2D eigenvalue weighted by Gasteiger charge is 2.59. The largest absolute Gasteiger partial charge is 0.504 e. The molecule has 4 rings (SSSR count). The molecule has 8 N–H and O–H groups in total. The van der Waals surface area contributed by atoms with Gasteiger partial charge in [0, 0.05) is 32.1 Å². The van der Waals surface area contributed by atoms with E-state index in [2.05, 4.69) is 10.6 Å². The van der Waals surface area contributed by atoms with Gasteiger partial charge in [0.15, 0.2) is 23.0 Å². The second-order valence-electron chi connectivity index (χ2n) is 11.6. The number of nitrogens with one attached hydrogen (secondary N) is 2. The van der Waals surface area contributed by atoms with Gasteiger partial charge in [0.05, 0.1) is 29.2 Å². The van der Waals surface area contributed by atoms with E-state index in [0.29, 0.717) is 37.9 Å². The number of benzene rings is 2. The van der Waals surface area contributed by atoms with Crippen molar-refractivity contribution >= 4 is 23.7 Å². The lowest BCUT2D eigenvalue weighted by atomic mass is 9.77. The van der Waals surface area contributed by atoms with Gasteiger partial charge in [-0.05, 0) is 62.6 Å². The minimum atomic E-state index is -1.22. The molecule has 2 heterocycles. The fraction of sp³-hybridized carbons (Fsp3) is 0.438. The molecule has 0 saturated carbocycles. The van der Waals surface area contributed by atoms with Crippen LogP contribution in [0, 0.1) is 11.8 Å². The van der Waals surface area contributed by atoms with E-state index in [1.54, 1.807) is 0 Å². The maximum Gasteiger partial charge on any atom is 0.352 e. The van der Waals surface area contributed by atoms with Crippen LogP contribution in [0.3, 0.4) is 0 Å². The molecule has 14 heteroatoms. The molecule has 46 heavy (non-hydrogen) atoms. The number of phenols is 4. The zero-order chi connectivity index (χ0) is 33.7. The third-order valence-corrected chi connectivity index (χ3v) is 8.55. The molecule has 0 bridgehead atoms. The topological polar surface area (TPSA) is 220 Å². The van der Waals surface area contributed by atoms with Crippen LogP contribution in [0.15, 0.2) is 47.7 Å². The zero-order valence-electron chi connectivity index (χ0n) is 25.6. The Morgan fingerprint density at radius 3 is 1.91 bits per heavy atom. The molecule has 0 aliphatic carbocycles. The van der Waals surface area contributed by atoms with E-state index >= 15 is 0 Å². The fourth-order valence-electron chi connectivity index (χ4n) is 6.15. The number of carbonyl (C=O) groups excluding carboxylic acids is 3. The number of hydrogen-bond donors (Lipinski definition) is 8. The first kappa shape index (κ1) is 34.1. The fourth-order valence-corrected chi connectivity index (χ4v) is 6.15. The van der Waals surface area contributed by atoms with Crippen LogP contribution in [-0.4, -0.2) is 109 Å². The molecule has 4 atom stereocenters. The predicted octanol–water partition coefficient (Wildman–Crippen LogP) is 1.34. The normalized spacial score (nSPS) is 19.5. The summed E-state index contributed by atoms with van der Waals surface area (Å²) >= 11 is 0. The number of para-hydroxylation sites is 2. The van der Waals surface area contributed by atoms with E-state index in [4.69, 9.17) is 0 Å². The highest BCUT2D eigenvalue weighted by atomic mass is 16.4. The number of aliphatic hydroxyl groups excluding tert-OH is 1. The summed E-state index contributed by atoms with van der Waals surface area (Å²) in [5, 5.41) is 64.9. The van der Waals surface area contributed by atoms with Crippen molar-refractivity contribution in [3.05, 3.63) is 58.8 Å². The van der Waals surface area contributed by atoms with Gasteiger partial charge < -0.3 is 46.2 Å². The number of fused-ring (bicyclic) bond motifs is 1. The minimum Gasteiger partial charge on any atom is -0.504 e. The number of aliphatic hydroxyl groups is 1. The molecule has 2 aromatic rings. The monoisotopic (exact) mass is 640 g/mol. The lowest BCUT2D eigenvalue weighted by Crippen LogP contribution is -2.63. The van der Waals surface area contributed by atoms with Gasteiger partial charge in [-0.1, -0.05) is 19.1 Å². The molecule has 0 radical (unpaired) electrons. The number of aromatic hydroxyl groups is 4. The second-order valence-corrected chi connectivity index (χ2v) is 11.6. The van der Waals surface area contributed by atoms with Crippen molar-refractivity contribution in [3.8, 4) is 23.0 Å². The molecular formula is C32H40N4O10. The molecule has 14 nitrogen and oxygen atoms in total. The van der Waals surface area contributed by atoms with E-state index in [0.717, 1.165) is 0 Å². The minimum absolute atomic E-state index is 0.0549. The lowest BCUT2D eigenvalue weighted by Gasteiger charge is -2.46. The quantitative estimate of drug-likeness (QED) is 0.0788. The van der Waals surface area contributed by atoms with Crippen molar-refractivity contribution in [2.45, 2.75) is 45.3 Å². The number of aliphatic carboxylic acids is 1. The SMILES string of the molecule is C[C@H]1C(CN(CCCCNC(=O)c2cccc(O)c2O)CCCNC(=O)c2cccc(O)c2O)=C(C(=O)O)N2C(=O)[C@H]([C@@H](C)O)C12. The van der Waals surface area contributed by atoms with Crippen LogP contribution in [0.5, 0.6) is 23.0 Å². The number of amides is 3. The summed E-state index contributed by atoms with van der Waals surface area (Å²) in [6.07, 6.45) is 0.647. The number of β-lactam (4-membered cyclic amide) rings is 1. The number of phenolic OH excluding ortho intramolecular Hbond substituents is 4. The van der Waals surface area contributed by atoms with Crippen molar-refractivity contribution in [1.82, 2.24) is 20.4 Å². The Morgan fingerprint density at radius 2 is 1.39 bits per heavy atom. The number of carboxylic acids is 1. The molecule has 1 unspecified atom stereocenters.